The molecule has 0 spiro atoms. The Morgan fingerprint density at radius 3 is 2.47 bits per heavy atom. The first kappa shape index (κ1) is 11.8. The number of alkyl halides is 3. The van der Waals surface area contributed by atoms with E-state index in [9.17, 15) is 18.3 Å². The Morgan fingerprint density at radius 1 is 1.40 bits per heavy atom. The second-order valence-corrected chi connectivity index (χ2v) is 3.49. The van der Waals surface area contributed by atoms with Crippen molar-refractivity contribution in [1.29, 1.82) is 0 Å². The number of aromatic hydroxyl groups is 1. The molecule has 84 valence electrons. The monoisotopic (exact) mass is 219 g/mol. The van der Waals surface area contributed by atoms with E-state index in [1.807, 2.05) is 0 Å². The molecule has 1 aromatic rings. The van der Waals surface area contributed by atoms with E-state index in [1.54, 1.807) is 13.0 Å². The Balaban J connectivity index is 2.87. The summed E-state index contributed by atoms with van der Waals surface area (Å²) in [5.74, 6) is -0.188. The molecule has 1 atom stereocenters. The van der Waals surface area contributed by atoms with Crippen molar-refractivity contribution in [2.75, 3.05) is 0 Å². The standard InChI is InChI=1S/C10H12F3NO/c1-6-2-3-7(9(15)4-6)8(14)5-10(11,12)13/h2-4,8,15H,5,14H2,1H3/t8-/m0/s1. The Hall–Kier alpha value is -1.23. The molecule has 0 heterocycles. The summed E-state index contributed by atoms with van der Waals surface area (Å²) in [4.78, 5) is 0. The maximum atomic E-state index is 12.0. The third-order valence-corrected chi connectivity index (χ3v) is 2.04. The Kier molecular flexibility index (Phi) is 3.24. The van der Waals surface area contributed by atoms with E-state index in [-0.39, 0.29) is 11.3 Å². The summed E-state index contributed by atoms with van der Waals surface area (Å²) in [6.45, 7) is 1.73. The topological polar surface area (TPSA) is 46.2 Å². The Labute approximate surface area is 85.5 Å². The molecule has 0 saturated carbocycles. The van der Waals surface area contributed by atoms with Gasteiger partial charge in [0.25, 0.3) is 0 Å². The molecule has 3 N–H and O–H groups in total. The fraction of sp³-hybridized carbons (Fsp3) is 0.400. The number of phenolic OH excluding ortho intramolecular Hbond substituents is 1. The van der Waals surface area contributed by atoms with Crippen LogP contribution in [-0.2, 0) is 0 Å². The van der Waals surface area contributed by atoms with Crippen molar-refractivity contribution < 1.29 is 18.3 Å². The summed E-state index contributed by atoms with van der Waals surface area (Å²) in [5.41, 5.74) is 6.25. The normalized spacial score (nSPS) is 13.9. The second kappa shape index (κ2) is 4.10. The third-order valence-electron chi connectivity index (χ3n) is 2.04. The zero-order chi connectivity index (χ0) is 11.6. The molecule has 0 aromatic heterocycles. The van der Waals surface area contributed by atoms with Crippen molar-refractivity contribution in [1.82, 2.24) is 0 Å². The highest BCUT2D eigenvalue weighted by molar-refractivity contribution is 5.37. The molecule has 0 aliphatic heterocycles. The lowest BCUT2D eigenvalue weighted by atomic mass is 10.0. The Morgan fingerprint density at radius 2 is 2.00 bits per heavy atom. The van der Waals surface area contributed by atoms with E-state index in [1.165, 1.54) is 12.1 Å². The quantitative estimate of drug-likeness (QED) is 0.803. The maximum absolute atomic E-state index is 12.0. The molecule has 0 aliphatic rings. The molecule has 0 radical (unpaired) electrons. The van der Waals surface area contributed by atoms with Gasteiger partial charge in [0.2, 0.25) is 0 Å². The molecule has 15 heavy (non-hydrogen) atoms. The molecular formula is C10H12F3NO. The van der Waals surface area contributed by atoms with Gasteiger partial charge >= 0.3 is 6.18 Å². The van der Waals surface area contributed by atoms with Gasteiger partial charge in [-0.2, -0.15) is 13.2 Å². The first-order valence-electron chi connectivity index (χ1n) is 4.41. The summed E-state index contributed by atoms with van der Waals surface area (Å²) in [7, 11) is 0. The van der Waals surface area contributed by atoms with Crippen molar-refractivity contribution in [2.45, 2.75) is 25.6 Å². The number of hydrogen-bond donors (Lipinski definition) is 2. The minimum atomic E-state index is -4.32. The minimum absolute atomic E-state index is 0.123. The molecular weight excluding hydrogens is 207 g/mol. The molecule has 0 saturated heterocycles. The van der Waals surface area contributed by atoms with Crippen LogP contribution in [0.4, 0.5) is 13.2 Å². The molecule has 1 rings (SSSR count). The first-order valence-corrected chi connectivity index (χ1v) is 4.41. The van der Waals surface area contributed by atoms with E-state index < -0.39 is 18.6 Å². The van der Waals surface area contributed by atoms with Crippen LogP contribution in [0.2, 0.25) is 0 Å². The van der Waals surface area contributed by atoms with Gasteiger partial charge in [-0.3, -0.25) is 0 Å². The molecule has 0 aliphatic carbocycles. The Bertz CT molecular complexity index is 349. The van der Waals surface area contributed by atoms with Crippen molar-refractivity contribution in [3.63, 3.8) is 0 Å². The largest absolute Gasteiger partial charge is 0.508 e. The van der Waals surface area contributed by atoms with Crippen molar-refractivity contribution in [2.24, 2.45) is 5.73 Å². The fourth-order valence-electron chi connectivity index (χ4n) is 1.33. The number of phenols is 1. The summed E-state index contributed by atoms with van der Waals surface area (Å²) in [6, 6.07) is 3.21. The highest BCUT2D eigenvalue weighted by Crippen LogP contribution is 2.32. The van der Waals surface area contributed by atoms with Crippen molar-refractivity contribution >= 4 is 0 Å². The van der Waals surface area contributed by atoms with E-state index in [0.717, 1.165) is 5.56 Å². The SMILES string of the molecule is Cc1ccc([C@@H](N)CC(F)(F)F)c(O)c1. The van der Waals surface area contributed by atoms with Crippen LogP contribution in [0.15, 0.2) is 18.2 Å². The first-order chi connectivity index (χ1) is 6.79. The molecule has 1 aromatic carbocycles. The van der Waals surface area contributed by atoms with Gasteiger partial charge in [-0.25, -0.2) is 0 Å². The summed E-state index contributed by atoms with van der Waals surface area (Å²) >= 11 is 0. The fourth-order valence-corrected chi connectivity index (χ4v) is 1.33. The maximum Gasteiger partial charge on any atom is 0.390 e. The number of halogens is 3. The molecule has 5 heteroatoms. The average Bonchev–Trinajstić information content (AvgIpc) is 1.99. The average molecular weight is 219 g/mol. The predicted octanol–water partition coefficient (Wildman–Crippen LogP) is 2.65. The van der Waals surface area contributed by atoms with Crippen LogP contribution in [-0.4, -0.2) is 11.3 Å². The van der Waals surface area contributed by atoms with Gasteiger partial charge in [0.1, 0.15) is 5.75 Å². The summed E-state index contributed by atoms with van der Waals surface area (Å²) in [6.07, 6.45) is -5.46. The zero-order valence-electron chi connectivity index (χ0n) is 8.17. The summed E-state index contributed by atoms with van der Waals surface area (Å²) in [5, 5.41) is 9.41. The predicted molar refractivity (Wildman–Crippen MR) is 50.4 cm³/mol. The van der Waals surface area contributed by atoms with E-state index >= 15 is 0 Å². The minimum Gasteiger partial charge on any atom is -0.508 e. The number of aryl methyl sites for hydroxylation is 1. The van der Waals surface area contributed by atoms with Gasteiger partial charge in [0.05, 0.1) is 6.42 Å². The van der Waals surface area contributed by atoms with E-state index in [4.69, 9.17) is 5.73 Å². The lowest BCUT2D eigenvalue weighted by molar-refractivity contribution is -0.138. The third kappa shape index (κ3) is 3.43. The number of nitrogens with two attached hydrogens (primary N) is 1. The smallest absolute Gasteiger partial charge is 0.390 e. The van der Waals surface area contributed by atoms with Crippen molar-refractivity contribution in [3.05, 3.63) is 29.3 Å². The van der Waals surface area contributed by atoms with Gasteiger partial charge in [-0.15, -0.1) is 0 Å². The van der Waals surface area contributed by atoms with Crippen LogP contribution in [0.5, 0.6) is 5.75 Å². The van der Waals surface area contributed by atoms with Crippen LogP contribution >= 0.6 is 0 Å². The van der Waals surface area contributed by atoms with Crippen LogP contribution in [0.1, 0.15) is 23.6 Å². The van der Waals surface area contributed by atoms with Gasteiger partial charge in [0.15, 0.2) is 0 Å². The molecule has 0 amide bonds. The van der Waals surface area contributed by atoms with Gasteiger partial charge in [0, 0.05) is 11.6 Å². The number of benzene rings is 1. The van der Waals surface area contributed by atoms with Crippen molar-refractivity contribution in [3.8, 4) is 5.75 Å². The number of rotatable bonds is 2. The highest BCUT2D eigenvalue weighted by Gasteiger charge is 2.31. The van der Waals surface area contributed by atoms with Gasteiger partial charge in [-0.1, -0.05) is 12.1 Å². The molecule has 0 fully saturated rings. The van der Waals surface area contributed by atoms with Crippen LogP contribution in [0, 0.1) is 6.92 Å². The van der Waals surface area contributed by atoms with E-state index in [2.05, 4.69) is 0 Å². The molecule has 0 unspecified atom stereocenters. The lowest BCUT2D eigenvalue weighted by Gasteiger charge is -2.15. The van der Waals surface area contributed by atoms with Crippen LogP contribution in [0.3, 0.4) is 0 Å². The molecule has 0 bridgehead atoms. The van der Waals surface area contributed by atoms with Crippen LogP contribution in [0.25, 0.3) is 0 Å². The summed E-state index contributed by atoms with van der Waals surface area (Å²) < 4.78 is 36.1. The highest BCUT2D eigenvalue weighted by atomic mass is 19.4. The van der Waals surface area contributed by atoms with E-state index in [0.29, 0.717) is 0 Å². The number of hydrogen-bond acceptors (Lipinski definition) is 2. The second-order valence-electron chi connectivity index (χ2n) is 3.49. The van der Waals surface area contributed by atoms with Gasteiger partial charge < -0.3 is 10.8 Å². The molecule has 2 nitrogen and oxygen atoms in total. The van der Waals surface area contributed by atoms with Gasteiger partial charge in [-0.05, 0) is 18.6 Å². The lowest BCUT2D eigenvalue weighted by Crippen LogP contribution is -2.20. The van der Waals surface area contributed by atoms with Crippen LogP contribution < -0.4 is 5.73 Å². The zero-order valence-corrected chi connectivity index (χ0v) is 8.17.